The molecule has 0 fully saturated rings. The number of aromatic nitrogens is 2. The molecule has 0 aliphatic carbocycles. The first-order valence-electron chi connectivity index (χ1n) is 7.46. The van der Waals surface area contributed by atoms with Crippen molar-refractivity contribution in [2.24, 2.45) is 5.92 Å². The molecule has 0 radical (unpaired) electrons. The first kappa shape index (κ1) is 17.0. The fourth-order valence-corrected chi connectivity index (χ4v) is 2.18. The van der Waals surface area contributed by atoms with Gasteiger partial charge in [-0.05, 0) is 26.2 Å². The van der Waals surface area contributed by atoms with Gasteiger partial charge in [-0.2, -0.15) is 0 Å². The number of methoxy groups -OCH3 is 1. The molecule has 5 nitrogen and oxygen atoms in total. The van der Waals surface area contributed by atoms with Crippen LogP contribution in [0.2, 0.25) is 0 Å². The number of anilines is 1. The van der Waals surface area contributed by atoms with E-state index in [0.29, 0.717) is 18.6 Å². The summed E-state index contributed by atoms with van der Waals surface area (Å²) >= 11 is 0. The lowest BCUT2D eigenvalue weighted by atomic mass is 10.1. The summed E-state index contributed by atoms with van der Waals surface area (Å²) in [5.74, 6) is 1.42. The Morgan fingerprint density at radius 2 is 2.15 bits per heavy atom. The molecule has 1 heterocycles. The summed E-state index contributed by atoms with van der Waals surface area (Å²) in [6.07, 6.45) is 3.07. The van der Waals surface area contributed by atoms with Gasteiger partial charge >= 0.3 is 0 Å². The Labute approximate surface area is 122 Å². The molecule has 5 heteroatoms. The largest absolute Gasteiger partial charge is 0.383 e. The summed E-state index contributed by atoms with van der Waals surface area (Å²) in [5.41, 5.74) is 1.03. The van der Waals surface area contributed by atoms with Gasteiger partial charge in [-0.15, -0.1) is 0 Å². The maximum absolute atomic E-state index is 5.35. The summed E-state index contributed by atoms with van der Waals surface area (Å²) in [5, 5.41) is 3.40. The Hall–Kier alpha value is -1.07. The molecule has 0 aliphatic heterocycles. The van der Waals surface area contributed by atoms with Crippen LogP contribution in [0.25, 0.3) is 0 Å². The highest BCUT2D eigenvalue weighted by Gasteiger charge is 2.19. The van der Waals surface area contributed by atoms with Crippen LogP contribution in [0.4, 0.5) is 5.95 Å². The van der Waals surface area contributed by atoms with Gasteiger partial charge in [-0.1, -0.05) is 13.8 Å². The average molecular weight is 283 g/mol. The van der Waals surface area contributed by atoms with E-state index in [1.165, 1.54) is 0 Å². The van der Waals surface area contributed by atoms with Gasteiger partial charge in [0.1, 0.15) is 0 Å². The van der Waals surface area contributed by atoms with E-state index < -0.39 is 0 Å². The van der Waals surface area contributed by atoms with Gasteiger partial charge in [0.15, 0.2) is 0 Å². The Bertz CT molecular complexity index is 377. The van der Waals surface area contributed by atoms with Crippen LogP contribution in [-0.4, -0.2) is 43.0 Å². The van der Waals surface area contributed by atoms with E-state index in [-0.39, 0.29) is 0 Å². The highest BCUT2D eigenvalue weighted by Crippen LogP contribution is 2.23. The zero-order valence-electron chi connectivity index (χ0n) is 13.5. The van der Waals surface area contributed by atoms with Crippen LogP contribution < -0.4 is 5.32 Å². The van der Waals surface area contributed by atoms with E-state index >= 15 is 0 Å². The van der Waals surface area contributed by atoms with Gasteiger partial charge in [0, 0.05) is 33.1 Å². The van der Waals surface area contributed by atoms with Crippen molar-refractivity contribution in [3.8, 4) is 0 Å². The molecule has 116 valence electrons. The zero-order valence-corrected chi connectivity index (χ0v) is 13.5. The molecule has 1 rings (SSSR count). The van der Waals surface area contributed by atoms with Crippen LogP contribution in [0.1, 0.15) is 38.9 Å². The third kappa shape index (κ3) is 5.13. The van der Waals surface area contributed by atoms with Crippen molar-refractivity contribution in [3.05, 3.63) is 11.9 Å². The van der Waals surface area contributed by atoms with E-state index in [4.69, 9.17) is 9.47 Å². The molecule has 1 atom stereocenters. The Morgan fingerprint density at radius 1 is 1.40 bits per heavy atom. The molecule has 1 unspecified atom stereocenters. The van der Waals surface area contributed by atoms with Gasteiger partial charge in [0.25, 0.3) is 0 Å². The number of nitrogens with zero attached hydrogens (tertiary/aromatic N) is 2. The number of imidazole rings is 1. The molecule has 1 aromatic rings. The summed E-state index contributed by atoms with van der Waals surface area (Å²) < 4.78 is 12.9. The second-order valence-corrected chi connectivity index (χ2v) is 5.36. The van der Waals surface area contributed by atoms with Crippen molar-refractivity contribution < 1.29 is 9.47 Å². The van der Waals surface area contributed by atoms with Gasteiger partial charge in [0.2, 0.25) is 5.95 Å². The van der Waals surface area contributed by atoms with Gasteiger partial charge in [-0.25, -0.2) is 4.98 Å². The van der Waals surface area contributed by atoms with Crippen molar-refractivity contribution in [2.75, 3.05) is 38.8 Å². The predicted molar refractivity (Wildman–Crippen MR) is 82.3 cm³/mol. The number of hydrogen-bond acceptors (Lipinski definition) is 4. The highest BCUT2D eigenvalue weighted by molar-refractivity contribution is 5.29. The maximum Gasteiger partial charge on any atom is 0.203 e. The third-order valence-electron chi connectivity index (χ3n) is 3.27. The molecule has 0 aliphatic rings. The number of ether oxygens (including phenoxy) is 2. The molecule has 0 aromatic carbocycles. The lowest BCUT2D eigenvalue weighted by molar-refractivity contribution is 0.134. The molecule has 0 saturated carbocycles. The molecule has 0 spiro atoms. The van der Waals surface area contributed by atoms with Crippen molar-refractivity contribution >= 4 is 5.95 Å². The molecule has 0 amide bonds. The van der Waals surface area contributed by atoms with E-state index in [9.17, 15) is 0 Å². The summed E-state index contributed by atoms with van der Waals surface area (Å²) in [6.45, 7) is 11.6. The first-order valence-corrected chi connectivity index (χ1v) is 7.46. The minimum atomic E-state index is 0.301. The fraction of sp³-hybridized carbons (Fsp3) is 0.800. The number of aryl methyl sites for hydroxylation is 1. The SMILES string of the molecule is CCOCCCNc1nc(C)cn1C(COC)C(C)C. The molecule has 0 saturated heterocycles. The minimum absolute atomic E-state index is 0.301. The van der Waals surface area contributed by atoms with Gasteiger partial charge < -0.3 is 19.4 Å². The van der Waals surface area contributed by atoms with Crippen LogP contribution >= 0.6 is 0 Å². The van der Waals surface area contributed by atoms with Crippen LogP contribution in [0.15, 0.2) is 6.20 Å². The van der Waals surface area contributed by atoms with Gasteiger partial charge in [0.05, 0.1) is 18.3 Å². The zero-order chi connectivity index (χ0) is 15.0. The normalized spacial score (nSPS) is 12.9. The van der Waals surface area contributed by atoms with E-state index in [1.54, 1.807) is 7.11 Å². The Kier molecular flexibility index (Phi) is 7.62. The maximum atomic E-state index is 5.35. The van der Waals surface area contributed by atoms with E-state index in [1.807, 2.05) is 13.8 Å². The van der Waals surface area contributed by atoms with Crippen LogP contribution in [0, 0.1) is 12.8 Å². The molecule has 0 bridgehead atoms. The smallest absolute Gasteiger partial charge is 0.203 e. The summed E-state index contributed by atoms with van der Waals surface area (Å²) in [6, 6.07) is 0.301. The van der Waals surface area contributed by atoms with E-state index in [0.717, 1.165) is 37.8 Å². The second kappa shape index (κ2) is 8.97. The van der Waals surface area contributed by atoms with Crippen molar-refractivity contribution in [1.29, 1.82) is 0 Å². The average Bonchev–Trinajstić information content (AvgIpc) is 2.76. The lowest BCUT2D eigenvalue weighted by Gasteiger charge is -2.23. The van der Waals surface area contributed by atoms with Crippen molar-refractivity contribution in [1.82, 2.24) is 9.55 Å². The quantitative estimate of drug-likeness (QED) is 0.671. The summed E-state index contributed by atoms with van der Waals surface area (Å²) in [4.78, 5) is 4.57. The molecular weight excluding hydrogens is 254 g/mol. The van der Waals surface area contributed by atoms with Crippen molar-refractivity contribution in [2.45, 2.75) is 40.2 Å². The lowest BCUT2D eigenvalue weighted by Crippen LogP contribution is -2.22. The monoisotopic (exact) mass is 283 g/mol. The number of rotatable bonds is 10. The second-order valence-electron chi connectivity index (χ2n) is 5.36. The Morgan fingerprint density at radius 3 is 2.75 bits per heavy atom. The third-order valence-corrected chi connectivity index (χ3v) is 3.27. The van der Waals surface area contributed by atoms with Gasteiger partial charge in [-0.3, -0.25) is 0 Å². The predicted octanol–water partition coefficient (Wildman–Crippen LogP) is 2.87. The number of hydrogen-bond donors (Lipinski definition) is 1. The van der Waals surface area contributed by atoms with Crippen LogP contribution in [0.5, 0.6) is 0 Å². The topological polar surface area (TPSA) is 48.3 Å². The standard InChI is InChI=1S/C15H29N3O2/c1-6-20-9-7-8-16-15-17-13(4)10-18(15)14(11-19-5)12(2)3/h10,12,14H,6-9,11H2,1-5H3,(H,16,17). The molecular formula is C15H29N3O2. The Balaban J connectivity index is 2.66. The molecule has 1 N–H and O–H groups in total. The molecule has 1 aromatic heterocycles. The fourth-order valence-electron chi connectivity index (χ4n) is 2.18. The summed E-state index contributed by atoms with van der Waals surface area (Å²) in [7, 11) is 1.74. The number of nitrogens with one attached hydrogen (secondary N) is 1. The van der Waals surface area contributed by atoms with E-state index in [2.05, 4.69) is 34.9 Å². The highest BCUT2D eigenvalue weighted by atomic mass is 16.5. The van der Waals surface area contributed by atoms with Crippen molar-refractivity contribution in [3.63, 3.8) is 0 Å². The first-order chi connectivity index (χ1) is 9.60. The molecule has 20 heavy (non-hydrogen) atoms. The minimum Gasteiger partial charge on any atom is -0.383 e. The van der Waals surface area contributed by atoms with Crippen LogP contribution in [0.3, 0.4) is 0 Å². The van der Waals surface area contributed by atoms with Crippen LogP contribution in [-0.2, 0) is 9.47 Å².